The van der Waals surface area contributed by atoms with Crippen LogP contribution in [0, 0.1) is 5.41 Å². The zero-order valence-electron chi connectivity index (χ0n) is 7.94. The molecule has 0 amide bonds. The van der Waals surface area contributed by atoms with Crippen molar-refractivity contribution in [2.24, 2.45) is 5.73 Å². The first kappa shape index (κ1) is 9.32. The Bertz CT molecular complexity index is 461. The van der Waals surface area contributed by atoms with Crippen LogP contribution >= 0.6 is 0 Å². The fourth-order valence-electron chi connectivity index (χ4n) is 1.32. The van der Waals surface area contributed by atoms with Crippen LogP contribution in [-0.4, -0.2) is 26.5 Å². The summed E-state index contributed by atoms with van der Waals surface area (Å²) in [7, 11) is 0. The number of H-pyrrole nitrogens is 1. The molecule has 0 aliphatic carbocycles. The molecule has 0 saturated carbocycles. The summed E-state index contributed by atoms with van der Waals surface area (Å²) in [6, 6.07) is 7.57. The number of amidine groups is 1. The lowest BCUT2D eigenvalue weighted by Crippen LogP contribution is -2.12. The average Bonchev–Trinajstić information content (AvgIpc) is 2.69. The summed E-state index contributed by atoms with van der Waals surface area (Å²) in [5.41, 5.74) is 7.15. The number of hydrogen-bond acceptors (Lipinski definition) is 4. The minimum absolute atomic E-state index is 0.139. The van der Waals surface area contributed by atoms with Gasteiger partial charge in [-0.15, -0.1) is 10.2 Å². The van der Waals surface area contributed by atoms with E-state index in [0.29, 0.717) is 12.2 Å². The highest BCUT2D eigenvalue weighted by Gasteiger charge is 2.03. The topological polar surface area (TPSA) is 104 Å². The van der Waals surface area contributed by atoms with E-state index in [1.165, 1.54) is 0 Å². The molecule has 0 saturated heterocycles. The third kappa shape index (κ3) is 2.16. The number of hydrogen-bond donors (Lipinski definition) is 3. The van der Waals surface area contributed by atoms with Crippen molar-refractivity contribution in [2.75, 3.05) is 0 Å². The molecule has 0 radical (unpaired) electrons. The third-order valence-electron chi connectivity index (χ3n) is 1.93. The van der Waals surface area contributed by atoms with E-state index in [4.69, 9.17) is 11.1 Å². The number of rotatable bonds is 3. The van der Waals surface area contributed by atoms with Gasteiger partial charge >= 0.3 is 0 Å². The van der Waals surface area contributed by atoms with Gasteiger partial charge in [0.05, 0.1) is 5.84 Å². The van der Waals surface area contributed by atoms with Crippen LogP contribution in [0.3, 0.4) is 0 Å². The van der Waals surface area contributed by atoms with E-state index in [1.54, 1.807) is 0 Å². The molecule has 1 aromatic carbocycles. The van der Waals surface area contributed by atoms with Gasteiger partial charge in [-0.05, 0) is 16.8 Å². The van der Waals surface area contributed by atoms with E-state index in [0.717, 1.165) is 11.1 Å². The summed E-state index contributed by atoms with van der Waals surface area (Å²) < 4.78 is 0. The molecule has 6 heteroatoms. The Morgan fingerprint density at radius 1 is 1.47 bits per heavy atom. The quantitative estimate of drug-likeness (QED) is 0.493. The Balaban J connectivity index is 2.31. The maximum absolute atomic E-state index is 7.20. The zero-order valence-corrected chi connectivity index (χ0v) is 7.94. The largest absolute Gasteiger partial charge is 0.387 e. The van der Waals surface area contributed by atoms with E-state index in [9.17, 15) is 0 Å². The normalized spacial score (nSPS) is 10.1. The number of aromatic nitrogens is 4. The smallest absolute Gasteiger partial charge is 0.204 e. The summed E-state index contributed by atoms with van der Waals surface area (Å²) in [6.45, 7) is 0. The van der Waals surface area contributed by atoms with Gasteiger partial charge in [-0.2, -0.15) is 5.21 Å². The molecular weight excluding hydrogens is 192 g/mol. The second-order valence-electron chi connectivity index (χ2n) is 3.14. The van der Waals surface area contributed by atoms with Gasteiger partial charge in [-0.1, -0.05) is 18.2 Å². The Hall–Kier alpha value is -2.24. The molecule has 2 rings (SSSR count). The Labute approximate surface area is 86.0 Å². The van der Waals surface area contributed by atoms with Crippen LogP contribution in [0.5, 0.6) is 0 Å². The van der Waals surface area contributed by atoms with Crippen molar-refractivity contribution in [3.63, 3.8) is 0 Å². The number of nitrogens with two attached hydrogens (primary N) is 1. The Kier molecular flexibility index (Phi) is 2.40. The van der Waals surface area contributed by atoms with Crippen LogP contribution in [0.2, 0.25) is 0 Å². The molecule has 76 valence electrons. The molecule has 0 fully saturated rings. The van der Waals surface area contributed by atoms with Crippen molar-refractivity contribution >= 4 is 5.84 Å². The third-order valence-corrected chi connectivity index (χ3v) is 1.93. The molecule has 1 aromatic heterocycles. The molecular formula is C9H10N6. The van der Waals surface area contributed by atoms with Crippen molar-refractivity contribution in [1.82, 2.24) is 20.6 Å². The summed E-state index contributed by atoms with van der Waals surface area (Å²) in [5.74, 6) is 0.681. The molecule has 0 atom stereocenters. The van der Waals surface area contributed by atoms with Crippen molar-refractivity contribution in [1.29, 1.82) is 5.41 Å². The average molecular weight is 202 g/mol. The molecule has 0 aliphatic rings. The molecule has 0 unspecified atom stereocenters. The number of tetrazole rings is 1. The fourth-order valence-corrected chi connectivity index (χ4v) is 1.32. The van der Waals surface area contributed by atoms with Gasteiger partial charge in [0.15, 0.2) is 0 Å². The Morgan fingerprint density at radius 2 is 2.33 bits per heavy atom. The Morgan fingerprint density at radius 3 is 3.00 bits per heavy atom. The predicted molar refractivity (Wildman–Crippen MR) is 55.2 cm³/mol. The standard InChI is InChI=1S/C9H10N6/c10-8(11)5-6-2-1-3-7(4-6)9-12-14-15-13-9/h1-4H,5H2,(H3,10,11)(H,12,13,14,15). The lowest BCUT2D eigenvalue weighted by atomic mass is 10.1. The van der Waals surface area contributed by atoms with Crippen LogP contribution in [0.15, 0.2) is 24.3 Å². The summed E-state index contributed by atoms with van der Waals surface area (Å²) in [6.07, 6.45) is 0.436. The molecule has 1 heterocycles. The highest BCUT2D eigenvalue weighted by atomic mass is 15.5. The van der Waals surface area contributed by atoms with Crippen LogP contribution in [0.25, 0.3) is 11.4 Å². The molecule has 4 N–H and O–H groups in total. The van der Waals surface area contributed by atoms with Crippen LogP contribution < -0.4 is 5.73 Å². The van der Waals surface area contributed by atoms with E-state index in [2.05, 4.69) is 20.6 Å². The minimum Gasteiger partial charge on any atom is -0.387 e. The fraction of sp³-hybridized carbons (Fsp3) is 0.111. The van der Waals surface area contributed by atoms with Crippen LogP contribution in [0.4, 0.5) is 0 Å². The van der Waals surface area contributed by atoms with E-state index < -0.39 is 0 Å². The number of nitrogens with zero attached hydrogens (tertiary/aromatic N) is 3. The molecule has 0 spiro atoms. The second-order valence-corrected chi connectivity index (χ2v) is 3.14. The van der Waals surface area contributed by atoms with Crippen molar-refractivity contribution in [3.05, 3.63) is 29.8 Å². The van der Waals surface area contributed by atoms with Crippen LogP contribution in [-0.2, 0) is 6.42 Å². The lowest BCUT2D eigenvalue weighted by molar-refractivity contribution is 0.881. The number of benzene rings is 1. The predicted octanol–water partition coefficient (Wildman–Crippen LogP) is 0.345. The molecule has 0 bridgehead atoms. The number of aromatic amines is 1. The highest BCUT2D eigenvalue weighted by Crippen LogP contribution is 2.14. The first-order valence-electron chi connectivity index (χ1n) is 4.41. The van der Waals surface area contributed by atoms with Crippen molar-refractivity contribution < 1.29 is 0 Å². The monoisotopic (exact) mass is 202 g/mol. The molecule has 0 aliphatic heterocycles. The van der Waals surface area contributed by atoms with Gasteiger partial charge < -0.3 is 5.73 Å². The maximum Gasteiger partial charge on any atom is 0.204 e. The SMILES string of the molecule is N=C(N)Cc1cccc(-c2nn[nH]n2)c1. The highest BCUT2D eigenvalue weighted by molar-refractivity contribution is 5.79. The number of nitrogens with one attached hydrogen (secondary N) is 2. The minimum atomic E-state index is 0.139. The first-order chi connectivity index (χ1) is 7.25. The summed E-state index contributed by atoms with van der Waals surface area (Å²) >= 11 is 0. The van der Waals surface area contributed by atoms with Crippen molar-refractivity contribution in [3.8, 4) is 11.4 Å². The summed E-state index contributed by atoms with van der Waals surface area (Å²) in [5, 5.41) is 20.8. The molecule has 15 heavy (non-hydrogen) atoms. The zero-order chi connectivity index (χ0) is 10.7. The van der Waals surface area contributed by atoms with E-state index in [1.807, 2.05) is 24.3 Å². The molecule has 6 nitrogen and oxygen atoms in total. The van der Waals surface area contributed by atoms with Gasteiger partial charge in [-0.25, -0.2) is 0 Å². The first-order valence-corrected chi connectivity index (χ1v) is 4.41. The van der Waals surface area contributed by atoms with E-state index >= 15 is 0 Å². The van der Waals surface area contributed by atoms with Crippen LogP contribution in [0.1, 0.15) is 5.56 Å². The summed E-state index contributed by atoms with van der Waals surface area (Å²) in [4.78, 5) is 0. The van der Waals surface area contributed by atoms with Crippen molar-refractivity contribution in [2.45, 2.75) is 6.42 Å². The van der Waals surface area contributed by atoms with Gasteiger partial charge in [-0.3, -0.25) is 5.41 Å². The van der Waals surface area contributed by atoms with Gasteiger partial charge in [0.2, 0.25) is 5.82 Å². The van der Waals surface area contributed by atoms with E-state index in [-0.39, 0.29) is 5.84 Å². The second kappa shape index (κ2) is 3.87. The maximum atomic E-state index is 7.20. The van der Waals surface area contributed by atoms with Gasteiger partial charge in [0.1, 0.15) is 0 Å². The molecule has 2 aromatic rings. The lowest BCUT2D eigenvalue weighted by Gasteiger charge is -2.00. The van der Waals surface area contributed by atoms with Gasteiger partial charge in [0.25, 0.3) is 0 Å². The van der Waals surface area contributed by atoms with Gasteiger partial charge in [0, 0.05) is 12.0 Å².